The van der Waals surface area contributed by atoms with Gasteiger partial charge in [0.15, 0.2) is 0 Å². The lowest BCUT2D eigenvalue weighted by molar-refractivity contribution is 0.0597. The highest BCUT2D eigenvalue weighted by molar-refractivity contribution is 5.94. The number of hydrogen-bond acceptors (Lipinski definition) is 5. The Labute approximate surface area is 134 Å². The molecule has 23 heavy (non-hydrogen) atoms. The molecule has 0 saturated heterocycles. The van der Waals surface area contributed by atoms with Gasteiger partial charge in [-0.2, -0.15) is 0 Å². The average Bonchev–Trinajstić information content (AvgIpc) is 2.52. The fourth-order valence-corrected chi connectivity index (χ4v) is 2.04. The van der Waals surface area contributed by atoms with Crippen molar-refractivity contribution < 1.29 is 19.7 Å². The van der Waals surface area contributed by atoms with Gasteiger partial charge in [0.05, 0.1) is 12.8 Å². The zero-order chi connectivity index (χ0) is 17.0. The standard InChI is InChI=1S/C18H17NO4/c1-19(2)16-11-17(21)15(18(22)23-3)10-13(16)8-7-12-5-4-6-14(20)9-12/h4-6,9-11,20-21H,1-3H3. The summed E-state index contributed by atoms with van der Waals surface area (Å²) in [7, 11) is 4.87. The molecule has 0 aliphatic heterocycles. The summed E-state index contributed by atoms with van der Waals surface area (Å²) in [5, 5.41) is 19.4. The van der Waals surface area contributed by atoms with E-state index in [2.05, 4.69) is 16.6 Å². The Morgan fingerprint density at radius 3 is 2.48 bits per heavy atom. The molecule has 2 aromatic rings. The average molecular weight is 311 g/mol. The number of benzene rings is 2. The maximum atomic E-state index is 11.7. The number of ether oxygens (including phenoxy) is 1. The quantitative estimate of drug-likeness (QED) is 0.658. The van der Waals surface area contributed by atoms with Crippen LogP contribution in [-0.4, -0.2) is 37.4 Å². The van der Waals surface area contributed by atoms with Crippen molar-refractivity contribution in [3.8, 4) is 23.3 Å². The molecule has 0 aliphatic carbocycles. The van der Waals surface area contributed by atoms with Crippen molar-refractivity contribution in [2.24, 2.45) is 0 Å². The smallest absolute Gasteiger partial charge is 0.341 e. The number of aromatic hydroxyl groups is 2. The minimum atomic E-state index is -0.631. The van der Waals surface area contributed by atoms with E-state index < -0.39 is 5.97 Å². The zero-order valence-corrected chi connectivity index (χ0v) is 13.1. The fraction of sp³-hybridized carbons (Fsp3) is 0.167. The molecule has 0 unspecified atom stereocenters. The molecule has 2 rings (SSSR count). The van der Waals surface area contributed by atoms with Gasteiger partial charge >= 0.3 is 5.97 Å². The maximum absolute atomic E-state index is 11.7. The molecule has 0 radical (unpaired) electrons. The molecule has 0 aliphatic rings. The van der Waals surface area contributed by atoms with Crippen LogP contribution in [-0.2, 0) is 4.74 Å². The molecular formula is C18H17NO4. The number of rotatable bonds is 2. The largest absolute Gasteiger partial charge is 0.508 e. The number of nitrogens with zero attached hydrogens (tertiary/aromatic N) is 1. The third-order valence-electron chi connectivity index (χ3n) is 3.19. The topological polar surface area (TPSA) is 70.0 Å². The monoisotopic (exact) mass is 311 g/mol. The highest BCUT2D eigenvalue weighted by Gasteiger charge is 2.16. The van der Waals surface area contributed by atoms with E-state index in [1.165, 1.54) is 19.2 Å². The summed E-state index contributed by atoms with van der Waals surface area (Å²) < 4.78 is 4.66. The van der Waals surface area contributed by atoms with Crippen LogP contribution in [0.25, 0.3) is 0 Å². The minimum Gasteiger partial charge on any atom is -0.508 e. The fourth-order valence-electron chi connectivity index (χ4n) is 2.04. The van der Waals surface area contributed by atoms with Crippen molar-refractivity contribution >= 4 is 11.7 Å². The van der Waals surface area contributed by atoms with E-state index in [-0.39, 0.29) is 17.1 Å². The third kappa shape index (κ3) is 3.74. The van der Waals surface area contributed by atoms with Crippen molar-refractivity contribution in [3.63, 3.8) is 0 Å². The number of methoxy groups -OCH3 is 1. The summed E-state index contributed by atoms with van der Waals surface area (Å²) in [4.78, 5) is 13.5. The second kappa shape index (κ2) is 6.75. The molecule has 2 aromatic carbocycles. The molecule has 0 atom stereocenters. The van der Waals surface area contributed by atoms with Crippen LogP contribution in [0.1, 0.15) is 21.5 Å². The molecule has 2 N–H and O–H groups in total. The summed E-state index contributed by atoms with van der Waals surface area (Å²) in [5.41, 5.74) is 1.93. The van der Waals surface area contributed by atoms with E-state index in [0.717, 1.165) is 0 Å². The maximum Gasteiger partial charge on any atom is 0.341 e. The van der Waals surface area contributed by atoms with Gasteiger partial charge in [-0.25, -0.2) is 4.79 Å². The molecule has 0 aromatic heterocycles. The van der Waals surface area contributed by atoms with Gasteiger partial charge in [-0.3, -0.25) is 0 Å². The molecule has 5 heteroatoms. The lowest BCUT2D eigenvalue weighted by Gasteiger charge is -2.16. The van der Waals surface area contributed by atoms with E-state index in [1.807, 2.05) is 14.1 Å². The van der Waals surface area contributed by atoms with E-state index in [9.17, 15) is 15.0 Å². The highest BCUT2D eigenvalue weighted by atomic mass is 16.5. The first-order chi connectivity index (χ1) is 10.9. The Kier molecular flexibility index (Phi) is 4.77. The summed E-state index contributed by atoms with van der Waals surface area (Å²) in [6.07, 6.45) is 0. The van der Waals surface area contributed by atoms with Crippen LogP contribution in [0.15, 0.2) is 36.4 Å². The number of carbonyl (C=O) groups is 1. The number of esters is 1. The van der Waals surface area contributed by atoms with Gasteiger partial charge in [0, 0.05) is 31.3 Å². The first kappa shape index (κ1) is 16.2. The number of phenolic OH excluding ortho intramolecular Hbond substituents is 2. The van der Waals surface area contributed by atoms with E-state index in [1.54, 1.807) is 29.2 Å². The first-order valence-electron chi connectivity index (χ1n) is 6.86. The van der Waals surface area contributed by atoms with Gasteiger partial charge in [0.1, 0.15) is 17.1 Å². The van der Waals surface area contributed by atoms with Crippen molar-refractivity contribution in [3.05, 3.63) is 53.1 Å². The van der Waals surface area contributed by atoms with Crippen molar-refractivity contribution in [2.75, 3.05) is 26.1 Å². The Balaban J connectivity index is 2.54. The van der Waals surface area contributed by atoms with Crippen molar-refractivity contribution in [1.82, 2.24) is 0 Å². The zero-order valence-electron chi connectivity index (χ0n) is 13.1. The van der Waals surface area contributed by atoms with Gasteiger partial charge in [0.25, 0.3) is 0 Å². The SMILES string of the molecule is COC(=O)c1cc(C#Cc2cccc(O)c2)c(N(C)C)cc1O. The van der Waals surface area contributed by atoms with Gasteiger partial charge in [0.2, 0.25) is 0 Å². The van der Waals surface area contributed by atoms with E-state index in [0.29, 0.717) is 16.8 Å². The summed E-state index contributed by atoms with van der Waals surface area (Å²) in [6, 6.07) is 9.54. The molecule has 0 fully saturated rings. The number of phenols is 2. The van der Waals surface area contributed by atoms with Crippen molar-refractivity contribution in [2.45, 2.75) is 0 Å². The predicted molar refractivity (Wildman–Crippen MR) is 87.9 cm³/mol. The summed E-state index contributed by atoms with van der Waals surface area (Å²) in [5.74, 6) is 5.23. The second-order valence-electron chi connectivity index (χ2n) is 5.07. The minimum absolute atomic E-state index is 0.0540. The Morgan fingerprint density at radius 1 is 1.13 bits per heavy atom. The highest BCUT2D eigenvalue weighted by Crippen LogP contribution is 2.28. The van der Waals surface area contributed by atoms with Gasteiger partial charge < -0.3 is 19.8 Å². The van der Waals surface area contributed by atoms with Crippen LogP contribution in [0.4, 0.5) is 5.69 Å². The van der Waals surface area contributed by atoms with Crippen LogP contribution in [0.3, 0.4) is 0 Å². The van der Waals surface area contributed by atoms with Gasteiger partial charge in [-0.1, -0.05) is 17.9 Å². The molecule has 0 spiro atoms. The van der Waals surface area contributed by atoms with E-state index in [4.69, 9.17) is 0 Å². The third-order valence-corrected chi connectivity index (χ3v) is 3.19. The Hall–Kier alpha value is -3.13. The number of anilines is 1. The molecule has 5 nitrogen and oxygen atoms in total. The number of carbonyl (C=O) groups excluding carboxylic acids is 1. The molecule has 0 amide bonds. The lowest BCUT2D eigenvalue weighted by atomic mass is 10.1. The Bertz CT molecular complexity index is 800. The van der Waals surface area contributed by atoms with Crippen LogP contribution >= 0.6 is 0 Å². The predicted octanol–water partition coefficient (Wildman–Crippen LogP) is 2.35. The van der Waals surface area contributed by atoms with Crippen LogP contribution in [0.5, 0.6) is 11.5 Å². The van der Waals surface area contributed by atoms with Crippen LogP contribution in [0, 0.1) is 11.8 Å². The normalized spacial score (nSPS) is 9.70. The molecule has 118 valence electrons. The summed E-state index contributed by atoms with van der Waals surface area (Å²) >= 11 is 0. The molecule has 0 bridgehead atoms. The second-order valence-corrected chi connectivity index (χ2v) is 5.07. The Morgan fingerprint density at radius 2 is 1.87 bits per heavy atom. The van der Waals surface area contributed by atoms with Gasteiger partial charge in [-0.05, 0) is 24.3 Å². The molecule has 0 heterocycles. The summed E-state index contributed by atoms with van der Waals surface area (Å²) in [6.45, 7) is 0. The lowest BCUT2D eigenvalue weighted by Crippen LogP contribution is -2.12. The molecular weight excluding hydrogens is 294 g/mol. The van der Waals surface area contributed by atoms with Crippen LogP contribution in [0.2, 0.25) is 0 Å². The molecule has 0 saturated carbocycles. The van der Waals surface area contributed by atoms with Crippen molar-refractivity contribution in [1.29, 1.82) is 0 Å². The number of hydrogen-bond donors (Lipinski definition) is 2. The van der Waals surface area contributed by atoms with E-state index >= 15 is 0 Å². The first-order valence-corrected chi connectivity index (χ1v) is 6.86. The van der Waals surface area contributed by atoms with Crippen LogP contribution < -0.4 is 4.90 Å². The van der Waals surface area contributed by atoms with Gasteiger partial charge in [-0.15, -0.1) is 0 Å².